The van der Waals surface area contributed by atoms with E-state index in [-0.39, 0.29) is 29.9 Å². The molecule has 0 radical (unpaired) electrons. The Balaban J connectivity index is 1.43. The summed E-state index contributed by atoms with van der Waals surface area (Å²) in [5.41, 5.74) is 2.16. The monoisotopic (exact) mass is 428 g/mol. The van der Waals surface area contributed by atoms with Gasteiger partial charge in [-0.2, -0.15) is 4.31 Å². The van der Waals surface area contributed by atoms with E-state index in [1.807, 2.05) is 6.92 Å². The van der Waals surface area contributed by atoms with Gasteiger partial charge in [0.1, 0.15) is 0 Å². The van der Waals surface area contributed by atoms with Crippen molar-refractivity contribution in [3.63, 3.8) is 0 Å². The van der Waals surface area contributed by atoms with Crippen molar-refractivity contribution in [3.8, 4) is 0 Å². The average Bonchev–Trinajstić information content (AvgIpc) is 3.19. The third-order valence-electron chi connectivity index (χ3n) is 5.45. The van der Waals surface area contributed by atoms with Gasteiger partial charge in [0.15, 0.2) is 0 Å². The molecule has 2 fully saturated rings. The number of carbonyl (C=O) groups excluding carboxylic acids is 2. The van der Waals surface area contributed by atoms with Crippen molar-refractivity contribution in [1.82, 2.24) is 14.5 Å². The fourth-order valence-corrected chi connectivity index (χ4v) is 5.12. The molecule has 0 aliphatic carbocycles. The first-order valence-corrected chi connectivity index (χ1v) is 11.3. The maximum atomic E-state index is 13.0. The maximum Gasteiger partial charge on any atom is 0.321 e. The third-order valence-corrected chi connectivity index (χ3v) is 7.36. The fourth-order valence-electron chi connectivity index (χ4n) is 3.70. The molecule has 2 saturated heterocycles. The quantitative estimate of drug-likeness (QED) is 0.802. The lowest BCUT2D eigenvalue weighted by atomic mass is 10.1. The molecular weight excluding hydrogens is 404 g/mol. The molecule has 2 heterocycles. The number of amides is 3. The summed E-state index contributed by atoms with van der Waals surface area (Å²) < 4.78 is 27.1. The maximum absolute atomic E-state index is 13.0. The van der Waals surface area contributed by atoms with Crippen molar-refractivity contribution in [2.45, 2.75) is 11.8 Å². The van der Waals surface area contributed by atoms with E-state index in [4.69, 9.17) is 0 Å². The van der Waals surface area contributed by atoms with Gasteiger partial charge in [-0.25, -0.2) is 13.2 Å². The highest BCUT2D eigenvalue weighted by Gasteiger charge is 2.31. The van der Waals surface area contributed by atoms with Crippen LogP contribution in [0.5, 0.6) is 0 Å². The summed E-state index contributed by atoms with van der Waals surface area (Å²) in [5, 5.41) is 2.74. The lowest BCUT2D eigenvalue weighted by Crippen LogP contribution is -2.50. The van der Waals surface area contributed by atoms with Gasteiger partial charge < -0.3 is 10.2 Å². The molecule has 30 heavy (non-hydrogen) atoms. The predicted molar refractivity (Wildman–Crippen MR) is 113 cm³/mol. The Morgan fingerprint density at radius 2 is 1.67 bits per heavy atom. The highest BCUT2D eigenvalue weighted by atomic mass is 32.2. The van der Waals surface area contributed by atoms with Gasteiger partial charge in [-0.1, -0.05) is 23.8 Å². The molecule has 4 rings (SSSR count). The van der Waals surface area contributed by atoms with Gasteiger partial charge in [-0.15, -0.1) is 0 Å². The predicted octanol–water partition coefficient (Wildman–Crippen LogP) is 1.67. The van der Waals surface area contributed by atoms with Crippen LogP contribution in [-0.2, 0) is 10.0 Å². The molecule has 1 N–H and O–H groups in total. The minimum Gasteiger partial charge on any atom is -0.336 e. The van der Waals surface area contributed by atoms with Gasteiger partial charge in [-0.3, -0.25) is 9.69 Å². The van der Waals surface area contributed by atoms with Crippen LogP contribution in [-0.4, -0.2) is 68.8 Å². The smallest absolute Gasteiger partial charge is 0.321 e. The molecule has 0 atom stereocenters. The van der Waals surface area contributed by atoms with E-state index in [2.05, 4.69) is 5.32 Å². The minimum atomic E-state index is -3.57. The standard InChI is InChI=1S/C21H24N4O4S/c1-16-5-7-19(8-6-16)30(28,29)24-13-11-23(12-14-24)20(26)17-3-2-4-18(15-17)25-10-9-22-21(25)27/h2-8,15H,9-14H2,1H3,(H,22,27). The zero-order valence-corrected chi connectivity index (χ0v) is 17.6. The lowest BCUT2D eigenvalue weighted by Gasteiger charge is -2.34. The van der Waals surface area contributed by atoms with Gasteiger partial charge in [-0.05, 0) is 37.3 Å². The van der Waals surface area contributed by atoms with E-state index in [1.54, 1.807) is 58.3 Å². The summed E-state index contributed by atoms with van der Waals surface area (Å²) in [6.07, 6.45) is 0. The van der Waals surface area contributed by atoms with E-state index < -0.39 is 10.0 Å². The van der Waals surface area contributed by atoms with E-state index in [0.29, 0.717) is 37.4 Å². The fraction of sp³-hybridized carbons (Fsp3) is 0.333. The Labute approximate surface area is 176 Å². The van der Waals surface area contributed by atoms with Gasteiger partial charge >= 0.3 is 6.03 Å². The van der Waals surface area contributed by atoms with Crippen LogP contribution in [0, 0.1) is 6.92 Å². The largest absolute Gasteiger partial charge is 0.336 e. The number of rotatable bonds is 4. The van der Waals surface area contributed by atoms with E-state index in [1.165, 1.54) is 4.31 Å². The highest BCUT2D eigenvalue weighted by molar-refractivity contribution is 7.89. The van der Waals surface area contributed by atoms with Crippen molar-refractivity contribution in [3.05, 3.63) is 59.7 Å². The molecule has 158 valence electrons. The summed E-state index contributed by atoms with van der Waals surface area (Å²) in [6, 6.07) is 13.6. The molecule has 0 bridgehead atoms. The van der Waals surface area contributed by atoms with Crippen molar-refractivity contribution in [2.24, 2.45) is 0 Å². The number of piperazine rings is 1. The molecular formula is C21H24N4O4S. The van der Waals surface area contributed by atoms with Crippen LogP contribution < -0.4 is 10.2 Å². The molecule has 3 amide bonds. The molecule has 2 aromatic rings. The Kier molecular flexibility index (Phi) is 5.48. The number of aryl methyl sites for hydroxylation is 1. The number of carbonyl (C=O) groups is 2. The first-order valence-electron chi connectivity index (χ1n) is 9.88. The second kappa shape index (κ2) is 8.08. The normalized spacial score (nSPS) is 17.8. The number of urea groups is 1. The van der Waals surface area contributed by atoms with Gasteiger partial charge in [0.25, 0.3) is 5.91 Å². The van der Waals surface area contributed by atoms with Gasteiger partial charge in [0.2, 0.25) is 10.0 Å². The summed E-state index contributed by atoms with van der Waals surface area (Å²) >= 11 is 0. The molecule has 2 aliphatic rings. The molecule has 0 spiro atoms. The van der Waals surface area contributed by atoms with Crippen molar-refractivity contribution >= 4 is 27.6 Å². The van der Waals surface area contributed by atoms with Crippen LogP contribution in [0.15, 0.2) is 53.4 Å². The highest BCUT2D eigenvalue weighted by Crippen LogP contribution is 2.21. The number of anilines is 1. The Hall–Kier alpha value is -2.91. The summed E-state index contributed by atoms with van der Waals surface area (Å²) in [5.74, 6) is -0.163. The average molecular weight is 429 g/mol. The summed E-state index contributed by atoms with van der Waals surface area (Å²) in [4.78, 5) is 28.4. The van der Waals surface area contributed by atoms with Crippen LogP contribution in [0.2, 0.25) is 0 Å². The number of sulfonamides is 1. The Morgan fingerprint density at radius 1 is 0.967 bits per heavy atom. The number of benzene rings is 2. The summed E-state index contributed by atoms with van der Waals surface area (Å²) in [6.45, 7) is 4.18. The summed E-state index contributed by atoms with van der Waals surface area (Å²) in [7, 11) is -3.57. The second-order valence-electron chi connectivity index (χ2n) is 7.44. The molecule has 9 heteroatoms. The van der Waals surface area contributed by atoms with Crippen molar-refractivity contribution in [1.29, 1.82) is 0 Å². The zero-order valence-electron chi connectivity index (χ0n) is 16.7. The van der Waals surface area contributed by atoms with E-state index in [9.17, 15) is 18.0 Å². The number of nitrogens with one attached hydrogen (secondary N) is 1. The minimum absolute atomic E-state index is 0.163. The third kappa shape index (κ3) is 3.90. The van der Waals surface area contributed by atoms with Crippen LogP contribution in [0.4, 0.5) is 10.5 Å². The van der Waals surface area contributed by atoms with Crippen LogP contribution in [0.1, 0.15) is 15.9 Å². The number of hydrogen-bond acceptors (Lipinski definition) is 4. The topological polar surface area (TPSA) is 90.0 Å². The van der Waals surface area contributed by atoms with Crippen molar-refractivity contribution in [2.75, 3.05) is 44.2 Å². The second-order valence-corrected chi connectivity index (χ2v) is 9.38. The molecule has 0 aromatic heterocycles. The van der Waals surface area contributed by atoms with Crippen LogP contribution >= 0.6 is 0 Å². The van der Waals surface area contributed by atoms with E-state index in [0.717, 1.165) is 5.56 Å². The molecule has 2 aromatic carbocycles. The first kappa shape index (κ1) is 20.4. The lowest BCUT2D eigenvalue weighted by molar-refractivity contribution is 0.0698. The van der Waals surface area contributed by atoms with Crippen molar-refractivity contribution < 1.29 is 18.0 Å². The first-order chi connectivity index (χ1) is 14.4. The molecule has 8 nitrogen and oxygen atoms in total. The molecule has 2 aliphatic heterocycles. The molecule has 0 unspecified atom stereocenters. The van der Waals surface area contributed by atoms with E-state index >= 15 is 0 Å². The SMILES string of the molecule is Cc1ccc(S(=O)(=O)N2CCN(C(=O)c3cccc(N4CCNC4=O)c3)CC2)cc1. The zero-order chi connectivity index (χ0) is 21.3. The van der Waals surface area contributed by atoms with Crippen LogP contribution in [0.25, 0.3) is 0 Å². The number of hydrogen-bond donors (Lipinski definition) is 1. The Morgan fingerprint density at radius 3 is 2.30 bits per heavy atom. The Bertz CT molecular complexity index is 1060. The van der Waals surface area contributed by atoms with Gasteiger partial charge in [0, 0.05) is 50.5 Å². The number of nitrogens with zero attached hydrogens (tertiary/aromatic N) is 3. The van der Waals surface area contributed by atoms with Crippen LogP contribution in [0.3, 0.4) is 0 Å². The molecule has 0 saturated carbocycles. The van der Waals surface area contributed by atoms with Gasteiger partial charge in [0.05, 0.1) is 4.90 Å².